The van der Waals surface area contributed by atoms with Gasteiger partial charge in [-0.3, -0.25) is 9.59 Å². The fraction of sp³-hybridized carbons (Fsp3) is 0.750. The van der Waals surface area contributed by atoms with Gasteiger partial charge in [0, 0.05) is 16.7 Å². The first kappa shape index (κ1) is 26.3. The second kappa shape index (κ2) is 9.17. The number of alkyl halides is 2. The lowest BCUT2D eigenvalue weighted by molar-refractivity contribution is -0.215. The molecule has 0 aromatic carbocycles. The molecule has 4 fully saturated rings. The van der Waals surface area contributed by atoms with Gasteiger partial charge in [-0.2, -0.15) is 0 Å². The minimum absolute atomic E-state index is 0.0119. The fourth-order valence-electron chi connectivity index (χ4n) is 8.68. The number of aliphatic hydroxyl groups is 1. The fourth-order valence-corrected chi connectivity index (χ4v) is 8.68. The van der Waals surface area contributed by atoms with Gasteiger partial charge in [0.05, 0.1) is 18.6 Å². The third kappa shape index (κ3) is 3.86. The molecule has 0 aliphatic heterocycles. The van der Waals surface area contributed by atoms with Gasteiger partial charge in [-0.25, -0.2) is 13.6 Å². The minimum Gasteiger partial charge on any atom is -0.481 e. The van der Waals surface area contributed by atoms with E-state index in [4.69, 9.17) is 9.47 Å². The lowest BCUT2D eigenvalue weighted by Gasteiger charge is -2.62. The van der Waals surface area contributed by atoms with Crippen LogP contribution in [0.15, 0.2) is 23.8 Å². The summed E-state index contributed by atoms with van der Waals surface area (Å²) in [5.41, 5.74) is -5.13. The third-order valence-electron chi connectivity index (χ3n) is 10.3. The van der Waals surface area contributed by atoms with Crippen molar-refractivity contribution in [2.24, 2.45) is 40.4 Å². The Labute approximate surface area is 215 Å². The lowest BCUT2D eigenvalue weighted by Crippen LogP contribution is -2.69. The molecule has 4 saturated carbocycles. The Hall–Kier alpha value is -2.29. The van der Waals surface area contributed by atoms with Gasteiger partial charge in [-0.05, 0) is 74.5 Å². The molecule has 0 saturated heterocycles. The maximum Gasteiger partial charge on any atom is 0.508 e. The first-order chi connectivity index (χ1) is 17.4. The number of aliphatic hydroxyl groups excluding tert-OH is 1. The van der Waals surface area contributed by atoms with Gasteiger partial charge >= 0.3 is 12.1 Å². The summed E-state index contributed by atoms with van der Waals surface area (Å²) in [6.07, 6.45) is 3.38. The Kier molecular flexibility index (Phi) is 6.52. The van der Waals surface area contributed by atoms with E-state index in [-0.39, 0.29) is 37.5 Å². The van der Waals surface area contributed by atoms with E-state index in [1.807, 2.05) is 0 Å². The van der Waals surface area contributed by atoms with Gasteiger partial charge < -0.3 is 19.7 Å². The molecule has 9 heteroatoms. The predicted molar refractivity (Wildman–Crippen MR) is 128 cm³/mol. The number of carbonyl (C=O) groups excluding carboxylic acids is 2. The van der Waals surface area contributed by atoms with E-state index in [2.05, 4.69) is 0 Å². The van der Waals surface area contributed by atoms with Crippen LogP contribution in [0.1, 0.15) is 58.8 Å². The quantitative estimate of drug-likeness (QED) is 0.509. The summed E-state index contributed by atoms with van der Waals surface area (Å²) in [4.78, 5) is 37.0. The number of carbonyl (C=O) groups is 3. The van der Waals surface area contributed by atoms with Gasteiger partial charge in [0.2, 0.25) is 0 Å². The maximum atomic E-state index is 17.3. The molecule has 5 aliphatic rings. The SMILES string of the molecule is CC1C[C@H]2[C@@H]3CC(F)C4=CC(=O)C=C[C@]4(C)[C@@]3(F)C(O)C[C@]2(COC(=O)OCC2CCCC2)C1C(=O)O. The second-order valence-corrected chi connectivity index (χ2v) is 12.2. The maximum absolute atomic E-state index is 17.3. The number of carboxylic acid groups (broad SMARTS) is 1. The molecule has 0 spiro atoms. The van der Waals surface area contributed by atoms with Crippen LogP contribution in [0.2, 0.25) is 0 Å². The van der Waals surface area contributed by atoms with Crippen molar-refractivity contribution in [1.29, 1.82) is 0 Å². The number of hydrogen-bond donors (Lipinski definition) is 2. The van der Waals surface area contributed by atoms with Crippen molar-refractivity contribution in [2.75, 3.05) is 13.2 Å². The average molecular weight is 523 g/mol. The Balaban J connectivity index is 1.46. The van der Waals surface area contributed by atoms with E-state index in [0.29, 0.717) is 6.42 Å². The minimum atomic E-state index is -2.32. The molecule has 4 unspecified atom stereocenters. The Bertz CT molecular complexity index is 1040. The van der Waals surface area contributed by atoms with Crippen LogP contribution in [0, 0.1) is 40.4 Å². The Morgan fingerprint density at radius 1 is 1.16 bits per heavy atom. The first-order valence-corrected chi connectivity index (χ1v) is 13.4. The van der Waals surface area contributed by atoms with E-state index in [1.54, 1.807) is 6.92 Å². The second-order valence-electron chi connectivity index (χ2n) is 12.2. The first-order valence-electron chi connectivity index (χ1n) is 13.4. The number of carboxylic acids is 1. The molecule has 0 bridgehead atoms. The van der Waals surface area contributed by atoms with E-state index < -0.39 is 70.4 Å². The van der Waals surface area contributed by atoms with Gasteiger partial charge in [0.25, 0.3) is 0 Å². The van der Waals surface area contributed by atoms with Crippen LogP contribution >= 0.6 is 0 Å². The number of ether oxygens (including phenoxy) is 2. The summed E-state index contributed by atoms with van der Waals surface area (Å²) < 4.78 is 43.7. The molecule has 0 radical (unpaired) electrons. The van der Waals surface area contributed by atoms with Crippen LogP contribution in [-0.4, -0.2) is 59.3 Å². The van der Waals surface area contributed by atoms with E-state index in [9.17, 15) is 24.6 Å². The molecule has 37 heavy (non-hydrogen) atoms. The highest BCUT2D eigenvalue weighted by atomic mass is 19.1. The average Bonchev–Trinajstić information content (AvgIpc) is 3.45. The van der Waals surface area contributed by atoms with Crippen molar-refractivity contribution < 1.29 is 42.9 Å². The zero-order valence-electron chi connectivity index (χ0n) is 21.3. The van der Waals surface area contributed by atoms with E-state index in [1.165, 1.54) is 19.1 Å². The number of aliphatic carboxylic acids is 1. The van der Waals surface area contributed by atoms with Crippen LogP contribution in [0.4, 0.5) is 13.6 Å². The molecule has 0 aromatic heterocycles. The molecule has 5 aliphatic carbocycles. The predicted octanol–water partition coefficient (Wildman–Crippen LogP) is 4.58. The molecule has 9 atom stereocenters. The summed E-state index contributed by atoms with van der Waals surface area (Å²) in [6.45, 7) is 3.14. The zero-order chi connectivity index (χ0) is 26.8. The van der Waals surface area contributed by atoms with E-state index >= 15 is 8.78 Å². The van der Waals surface area contributed by atoms with Gasteiger partial charge in [-0.1, -0.05) is 25.8 Å². The van der Waals surface area contributed by atoms with Gasteiger partial charge in [0.15, 0.2) is 11.5 Å². The highest BCUT2D eigenvalue weighted by Crippen LogP contribution is 2.70. The Morgan fingerprint density at radius 3 is 2.54 bits per heavy atom. The number of halogens is 2. The van der Waals surface area contributed by atoms with Crippen LogP contribution in [0.3, 0.4) is 0 Å². The monoisotopic (exact) mass is 522 g/mol. The van der Waals surface area contributed by atoms with Crippen LogP contribution in [0.25, 0.3) is 0 Å². The molecule has 204 valence electrons. The molecule has 2 N–H and O–H groups in total. The van der Waals surface area contributed by atoms with Crippen molar-refractivity contribution in [2.45, 2.75) is 76.7 Å². The van der Waals surface area contributed by atoms with Crippen LogP contribution in [0.5, 0.6) is 0 Å². The number of allylic oxidation sites excluding steroid dienone is 4. The summed E-state index contributed by atoms with van der Waals surface area (Å²) >= 11 is 0. The number of ketones is 1. The highest BCUT2D eigenvalue weighted by molar-refractivity contribution is 6.01. The molecular weight excluding hydrogens is 486 g/mol. The van der Waals surface area contributed by atoms with Crippen LogP contribution < -0.4 is 0 Å². The lowest BCUT2D eigenvalue weighted by atomic mass is 9.44. The largest absolute Gasteiger partial charge is 0.508 e. The highest BCUT2D eigenvalue weighted by Gasteiger charge is 2.74. The zero-order valence-corrected chi connectivity index (χ0v) is 21.3. The molecule has 0 amide bonds. The molecular formula is C28H36F2O7. The molecule has 0 heterocycles. The van der Waals surface area contributed by atoms with E-state index in [0.717, 1.165) is 31.8 Å². The molecule has 7 nitrogen and oxygen atoms in total. The number of hydrogen-bond acceptors (Lipinski definition) is 6. The normalized spacial score (nSPS) is 45.0. The van der Waals surface area contributed by atoms with Crippen molar-refractivity contribution >= 4 is 17.9 Å². The Morgan fingerprint density at radius 2 is 1.86 bits per heavy atom. The smallest absolute Gasteiger partial charge is 0.481 e. The standard InChI is InChI=1S/C28H36F2O7/c1-15-9-18-19-11-21(29)20-10-17(31)7-8-26(20,2)28(19,30)22(32)12-27(18,23(15)24(33)34)14-37-25(35)36-13-16-5-3-4-6-16/h7-8,10,15-16,18-19,21-23,32H,3-6,9,11-14H2,1-2H3,(H,33,34)/t15?,18-,19-,21?,22?,23?,26-,27+,28-/m0/s1. The van der Waals surface area contributed by atoms with Gasteiger partial charge in [0.1, 0.15) is 12.8 Å². The third-order valence-corrected chi connectivity index (χ3v) is 10.3. The number of rotatable bonds is 5. The summed E-state index contributed by atoms with van der Waals surface area (Å²) in [5.74, 6) is -4.35. The molecule has 5 rings (SSSR count). The van der Waals surface area contributed by atoms with Crippen LogP contribution in [-0.2, 0) is 19.1 Å². The summed E-state index contributed by atoms with van der Waals surface area (Å²) in [5, 5.41) is 21.6. The molecule has 0 aromatic rings. The van der Waals surface area contributed by atoms with Crippen molar-refractivity contribution in [3.05, 3.63) is 23.8 Å². The summed E-state index contributed by atoms with van der Waals surface area (Å²) in [6, 6.07) is 0. The van der Waals surface area contributed by atoms with Gasteiger partial charge in [-0.15, -0.1) is 0 Å². The summed E-state index contributed by atoms with van der Waals surface area (Å²) in [7, 11) is 0. The topological polar surface area (TPSA) is 110 Å². The van der Waals surface area contributed by atoms with Crippen molar-refractivity contribution in [3.8, 4) is 0 Å². The van der Waals surface area contributed by atoms with Crippen molar-refractivity contribution in [3.63, 3.8) is 0 Å². The van der Waals surface area contributed by atoms with Crippen molar-refractivity contribution in [1.82, 2.24) is 0 Å². The number of fused-ring (bicyclic) bond motifs is 5.